The van der Waals surface area contributed by atoms with E-state index in [1.165, 1.54) is 0 Å². The predicted octanol–water partition coefficient (Wildman–Crippen LogP) is 0.244. The van der Waals surface area contributed by atoms with Gasteiger partial charge in [-0.1, -0.05) is 0 Å². The van der Waals surface area contributed by atoms with Crippen LogP contribution in [0.25, 0.3) is 0 Å². The van der Waals surface area contributed by atoms with E-state index in [1.807, 2.05) is 14.1 Å². The Morgan fingerprint density at radius 2 is 2.09 bits per heavy atom. The monoisotopic (exact) mass is 158 g/mol. The summed E-state index contributed by atoms with van der Waals surface area (Å²) in [6, 6.07) is -0.294. The smallest absolute Gasteiger partial charge is 0.149 e. The first-order valence-corrected chi connectivity index (χ1v) is 3.97. The molecule has 0 bridgehead atoms. The minimum absolute atomic E-state index is 0.159. The van der Waals surface area contributed by atoms with E-state index >= 15 is 0 Å². The van der Waals surface area contributed by atoms with E-state index in [0.29, 0.717) is 6.42 Å². The summed E-state index contributed by atoms with van der Waals surface area (Å²) >= 11 is 0. The SMILES string of the molecule is C[C@@H](N)C(=O)CCCN(C)C. The molecule has 3 heteroatoms. The Morgan fingerprint density at radius 3 is 2.45 bits per heavy atom. The van der Waals surface area contributed by atoms with Crippen molar-refractivity contribution in [2.75, 3.05) is 20.6 Å². The number of carbonyl (C=O) groups is 1. The molecule has 0 saturated heterocycles. The van der Waals surface area contributed by atoms with Crippen molar-refractivity contribution in [2.45, 2.75) is 25.8 Å². The molecule has 0 aliphatic heterocycles. The van der Waals surface area contributed by atoms with Crippen molar-refractivity contribution in [1.82, 2.24) is 4.90 Å². The summed E-state index contributed by atoms with van der Waals surface area (Å²) in [5, 5.41) is 0. The minimum Gasteiger partial charge on any atom is -0.322 e. The second-order valence-electron chi connectivity index (χ2n) is 3.16. The lowest BCUT2D eigenvalue weighted by molar-refractivity contribution is -0.120. The summed E-state index contributed by atoms with van der Waals surface area (Å²) < 4.78 is 0. The van der Waals surface area contributed by atoms with Gasteiger partial charge < -0.3 is 10.6 Å². The van der Waals surface area contributed by atoms with Crippen molar-refractivity contribution in [3.05, 3.63) is 0 Å². The van der Waals surface area contributed by atoms with Gasteiger partial charge in [-0.2, -0.15) is 0 Å². The molecule has 0 rings (SSSR count). The number of ketones is 1. The van der Waals surface area contributed by atoms with Crippen molar-refractivity contribution in [1.29, 1.82) is 0 Å². The molecule has 0 aromatic heterocycles. The molecule has 0 aliphatic rings. The number of hydrogen-bond donors (Lipinski definition) is 1. The third kappa shape index (κ3) is 6.01. The highest BCUT2D eigenvalue weighted by molar-refractivity contribution is 5.83. The van der Waals surface area contributed by atoms with Crippen molar-refractivity contribution in [2.24, 2.45) is 5.73 Å². The molecule has 0 saturated carbocycles. The van der Waals surface area contributed by atoms with Crippen LogP contribution in [0.5, 0.6) is 0 Å². The molecule has 0 aliphatic carbocycles. The van der Waals surface area contributed by atoms with Gasteiger partial charge in [0.2, 0.25) is 0 Å². The van der Waals surface area contributed by atoms with Gasteiger partial charge in [-0.3, -0.25) is 4.79 Å². The first kappa shape index (κ1) is 10.6. The molecule has 0 amide bonds. The molecule has 66 valence electrons. The summed E-state index contributed by atoms with van der Waals surface area (Å²) in [4.78, 5) is 13.0. The van der Waals surface area contributed by atoms with Gasteiger partial charge in [0.05, 0.1) is 6.04 Å². The molecular weight excluding hydrogens is 140 g/mol. The zero-order chi connectivity index (χ0) is 8.85. The van der Waals surface area contributed by atoms with Gasteiger partial charge in [0.1, 0.15) is 5.78 Å². The molecule has 1 atom stereocenters. The fraction of sp³-hybridized carbons (Fsp3) is 0.875. The quantitative estimate of drug-likeness (QED) is 0.623. The number of nitrogens with zero attached hydrogens (tertiary/aromatic N) is 1. The van der Waals surface area contributed by atoms with Crippen LogP contribution >= 0.6 is 0 Å². The highest BCUT2D eigenvalue weighted by Crippen LogP contribution is 1.94. The molecule has 0 aromatic carbocycles. The van der Waals surface area contributed by atoms with E-state index in [1.54, 1.807) is 6.92 Å². The van der Waals surface area contributed by atoms with Crippen LogP contribution in [0.4, 0.5) is 0 Å². The van der Waals surface area contributed by atoms with Crippen LogP contribution < -0.4 is 5.73 Å². The largest absolute Gasteiger partial charge is 0.322 e. The predicted molar refractivity (Wildman–Crippen MR) is 46.4 cm³/mol. The third-order valence-electron chi connectivity index (χ3n) is 1.54. The lowest BCUT2D eigenvalue weighted by Gasteiger charge is -2.09. The maximum Gasteiger partial charge on any atom is 0.149 e. The molecule has 11 heavy (non-hydrogen) atoms. The van der Waals surface area contributed by atoms with Gasteiger partial charge in [0.15, 0.2) is 0 Å². The highest BCUT2D eigenvalue weighted by atomic mass is 16.1. The fourth-order valence-electron chi connectivity index (χ4n) is 0.797. The summed E-state index contributed by atoms with van der Waals surface area (Å²) in [5.41, 5.74) is 5.39. The minimum atomic E-state index is -0.294. The van der Waals surface area contributed by atoms with Crippen molar-refractivity contribution >= 4 is 5.78 Å². The molecule has 2 N–H and O–H groups in total. The average molecular weight is 158 g/mol. The average Bonchev–Trinajstić information content (AvgIpc) is 1.86. The van der Waals surface area contributed by atoms with Crippen LogP contribution in [-0.2, 0) is 4.79 Å². The van der Waals surface area contributed by atoms with E-state index in [4.69, 9.17) is 5.73 Å². The van der Waals surface area contributed by atoms with Gasteiger partial charge in [0, 0.05) is 6.42 Å². The molecular formula is C8H18N2O. The van der Waals surface area contributed by atoms with Crippen molar-refractivity contribution in [3.8, 4) is 0 Å². The number of Topliss-reactive ketones (excluding diaryl/α,β-unsaturated/α-hetero) is 1. The van der Waals surface area contributed by atoms with Gasteiger partial charge in [0.25, 0.3) is 0 Å². The van der Waals surface area contributed by atoms with Crippen LogP contribution in [-0.4, -0.2) is 37.4 Å². The Kier molecular flexibility index (Phi) is 5.07. The van der Waals surface area contributed by atoms with Crippen molar-refractivity contribution < 1.29 is 4.79 Å². The van der Waals surface area contributed by atoms with Crippen LogP contribution in [0.2, 0.25) is 0 Å². The third-order valence-corrected chi connectivity index (χ3v) is 1.54. The Morgan fingerprint density at radius 1 is 1.55 bits per heavy atom. The first-order chi connectivity index (χ1) is 5.04. The molecule has 0 unspecified atom stereocenters. The van der Waals surface area contributed by atoms with E-state index in [2.05, 4.69) is 4.90 Å². The van der Waals surface area contributed by atoms with E-state index in [0.717, 1.165) is 13.0 Å². The standard InChI is InChI=1S/C8H18N2O/c1-7(9)8(11)5-4-6-10(2)3/h7H,4-6,9H2,1-3H3/t7-/m1/s1. The zero-order valence-electron chi connectivity index (χ0n) is 7.63. The normalized spacial score (nSPS) is 13.5. The Bertz CT molecular complexity index is 121. The fourth-order valence-corrected chi connectivity index (χ4v) is 0.797. The number of carbonyl (C=O) groups excluding carboxylic acids is 1. The van der Waals surface area contributed by atoms with Crippen LogP contribution in [0.1, 0.15) is 19.8 Å². The molecule has 0 heterocycles. The van der Waals surface area contributed by atoms with Gasteiger partial charge in [-0.05, 0) is 34.0 Å². The van der Waals surface area contributed by atoms with Gasteiger partial charge in [-0.25, -0.2) is 0 Å². The summed E-state index contributed by atoms with van der Waals surface area (Å²) in [5.74, 6) is 0.159. The second kappa shape index (κ2) is 5.27. The molecule has 0 spiro atoms. The molecule has 0 radical (unpaired) electrons. The van der Waals surface area contributed by atoms with Crippen LogP contribution in [0, 0.1) is 0 Å². The second-order valence-corrected chi connectivity index (χ2v) is 3.16. The van der Waals surface area contributed by atoms with Gasteiger partial charge in [-0.15, -0.1) is 0 Å². The van der Waals surface area contributed by atoms with E-state index in [-0.39, 0.29) is 11.8 Å². The van der Waals surface area contributed by atoms with E-state index < -0.39 is 0 Å². The zero-order valence-corrected chi connectivity index (χ0v) is 7.63. The maximum absolute atomic E-state index is 11.0. The number of hydrogen-bond acceptors (Lipinski definition) is 3. The first-order valence-electron chi connectivity index (χ1n) is 3.97. The maximum atomic E-state index is 11.0. The van der Waals surface area contributed by atoms with E-state index in [9.17, 15) is 4.79 Å². The molecule has 3 nitrogen and oxygen atoms in total. The summed E-state index contributed by atoms with van der Waals surface area (Å²) in [6.07, 6.45) is 1.52. The molecule has 0 fully saturated rings. The Balaban J connectivity index is 3.32. The van der Waals surface area contributed by atoms with Crippen LogP contribution in [0.3, 0.4) is 0 Å². The topological polar surface area (TPSA) is 46.3 Å². The summed E-state index contributed by atoms with van der Waals surface area (Å²) in [7, 11) is 3.99. The van der Waals surface area contributed by atoms with Gasteiger partial charge >= 0.3 is 0 Å². The number of nitrogens with two attached hydrogens (primary N) is 1. The van der Waals surface area contributed by atoms with Crippen molar-refractivity contribution in [3.63, 3.8) is 0 Å². The Hall–Kier alpha value is -0.410. The Labute approximate surface area is 68.6 Å². The lowest BCUT2D eigenvalue weighted by atomic mass is 10.1. The lowest BCUT2D eigenvalue weighted by Crippen LogP contribution is -2.27. The highest BCUT2D eigenvalue weighted by Gasteiger charge is 2.06. The number of rotatable bonds is 5. The summed E-state index contributed by atoms with van der Waals surface area (Å²) in [6.45, 7) is 2.69. The molecule has 0 aromatic rings. The van der Waals surface area contributed by atoms with Crippen LogP contribution in [0.15, 0.2) is 0 Å².